The molecule has 4 rings (SSSR count). The summed E-state index contributed by atoms with van der Waals surface area (Å²) in [5, 5.41) is 0. The first-order valence-corrected chi connectivity index (χ1v) is 10.8. The molecule has 0 atom stereocenters. The zero-order chi connectivity index (χ0) is 21.6. The molecule has 1 aromatic carbocycles. The number of unbranched alkanes of at least 4 members (excludes halogenated alkanes) is 1. The minimum atomic E-state index is 1.11. The summed E-state index contributed by atoms with van der Waals surface area (Å²) < 4.78 is 6.48. The molecule has 0 aliphatic carbocycles. The molecular weight excluding hydrogens is 354 g/mol. The van der Waals surface area contributed by atoms with Crippen molar-refractivity contribution in [3.8, 4) is 11.4 Å². The van der Waals surface area contributed by atoms with Gasteiger partial charge in [-0.1, -0.05) is 65.3 Å². The Kier molecular flexibility index (Phi) is 11.3. The van der Waals surface area contributed by atoms with Crippen LogP contribution in [0, 0.1) is 0 Å². The SMILES string of the molecule is C=C1CC[n+]2ccccc21.CC.CCCC.Cn1cc[n+](C)c1-c1ccccc1. The molecule has 0 bridgehead atoms. The van der Waals surface area contributed by atoms with Gasteiger partial charge in [-0.25, -0.2) is 9.13 Å². The number of nitrogens with zero attached hydrogens (tertiary/aromatic N) is 3. The van der Waals surface area contributed by atoms with Crippen LogP contribution in [-0.2, 0) is 20.6 Å². The topological polar surface area (TPSA) is 12.7 Å². The highest BCUT2D eigenvalue weighted by atomic mass is 15.1. The van der Waals surface area contributed by atoms with Crippen molar-refractivity contribution in [1.82, 2.24) is 4.57 Å². The first kappa shape index (κ1) is 24.4. The molecule has 1 aliphatic heterocycles. The molecule has 156 valence electrons. The highest BCUT2D eigenvalue weighted by Gasteiger charge is 2.20. The third-order valence-electron chi connectivity index (χ3n) is 4.67. The summed E-state index contributed by atoms with van der Waals surface area (Å²) in [5.41, 5.74) is 3.81. The second-order valence-electron chi connectivity index (χ2n) is 6.84. The number of pyridine rings is 1. The van der Waals surface area contributed by atoms with Gasteiger partial charge in [0, 0.05) is 24.1 Å². The number of allylic oxidation sites excluding steroid dienone is 1. The van der Waals surface area contributed by atoms with Gasteiger partial charge in [0.1, 0.15) is 12.4 Å². The number of fused-ring (bicyclic) bond motifs is 1. The number of benzene rings is 1. The maximum Gasteiger partial charge on any atom is 0.288 e. The van der Waals surface area contributed by atoms with Gasteiger partial charge in [-0.2, -0.15) is 4.57 Å². The Morgan fingerprint density at radius 2 is 1.55 bits per heavy atom. The van der Waals surface area contributed by atoms with Gasteiger partial charge >= 0.3 is 0 Å². The number of hydrogen-bond donors (Lipinski definition) is 0. The van der Waals surface area contributed by atoms with Gasteiger partial charge in [0.25, 0.3) is 5.82 Å². The van der Waals surface area contributed by atoms with Crippen molar-refractivity contribution in [1.29, 1.82) is 0 Å². The number of rotatable bonds is 2. The Balaban J connectivity index is 0.000000234. The molecule has 0 amide bonds. The van der Waals surface area contributed by atoms with Crippen molar-refractivity contribution in [2.75, 3.05) is 0 Å². The van der Waals surface area contributed by atoms with Gasteiger partial charge in [0.15, 0.2) is 12.7 Å². The van der Waals surface area contributed by atoms with E-state index in [1.54, 1.807) is 0 Å². The molecule has 3 nitrogen and oxygen atoms in total. The van der Waals surface area contributed by atoms with Crippen LogP contribution in [0.25, 0.3) is 17.0 Å². The smallest absolute Gasteiger partial charge is 0.233 e. The van der Waals surface area contributed by atoms with E-state index < -0.39 is 0 Å². The highest BCUT2D eigenvalue weighted by molar-refractivity contribution is 5.58. The molecule has 0 unspecified atom stereocenters. The lowest BCUT2D eigenvalue weighted by Gasteiger charge is -1.97. The van der Waals surface area contributed by atoms with Crippen molar-refractivity contribution in [2.45, 2.75) is 53.5 Å². The molecule has 0 saturated carbocycles. The summed E-state index contributed by atoms with van der Waals surface area (Å²) in [6.07, 6.45) is 9.97. The van der Waals surface area contributed by atoms with Crippen molar-refractivity contribution >= 4 is 5.57 Å². The van der Waals surface area contributed by atoms with Crippen LogP contribution in [-0.4, -0.2) is 4.57 Å². The second-order valence-corrected chi connectivity index (χ2v) is 6.84. The van der Waals surface area contributed by atoms with Crippen molar-refractivity contribution < 1.29 is 9.13 Å². The summed E-state index contributed by atoms with van der Waals surface area (Å²) >= 11 is 0. The number of hydrogen-bond acceptors (Lipinski definition) is 0. The van der Waals surface area contributed by atoms with Crippen LogP contribution in [0.2, 0.25) is 0 Å². The predicted molar refractivity (Wildman–Crippen MR) is 124 cm³/mol. The Morgan fingerprint density at radius 3 is 2.07 bits per heavy atom. The van der Waals surface area contributed by atoms with Crippen LogP contribution in [0.3, 0.4) is 0 Å². The summed E-state index contributed by atoms with van der Waals surface area (Å²) in [6.45, 7) is 13.4. The second kappa shape index (κ2) is 13.5. The average Bonchev–Trinajstić information content (AvgIpc) is 3.32. The zero-order valence-electron chi connectivity index (χ0n) is 19.2. The van der Waals surface area contributed by atoms with Crippen LogP contribution in [0.1, 0.15) is 52.7 Å². The molecule has 2 aromatic heterocycles. The number of aromatic nitrogens is 3. The standard InChI is InChI=1S/C11H13N2.C9H10N.C4H10.C2H6/c1-12-8-9-13(2)11(12)10-6-4-3-5-7-10;1-8-5-7-10-6-3-2-4-9(8)10;1-3-4-2;1-2/h3-9H,1-2H3;2-4,6H,1,5,7H2;3-4H2,1-2H3;1-2H3/q2*+1;;. The third kappa shape index (κ3) is 7.34. The highest BCUT2D eigenvalue weighted by Crippen LogP contribution is 2.16. The minimum Gasteiger partial charge on any atom is -0.233 e. The van der Waals surface area contributed by atoms with E-state index in [1.165, 1.54) is 35.5 Å². The van der Waals surface area contributed by atoms with Gasteiger partial charge in [-0.05, 0) is 18.2 Å². The van der Waals surface area contributed by atoms with Crippen molar-refractivity contribution in [3.05, 3.63) is 79.4 Å². The van der Waals surface area contributed by atoms with Gasteiger partial charge in [-0.15, -0.1) is 0 Å². The van der Waals surface area contributed by atoms with Crippen LogP contribution < -0.4 is 9.13 Å². The molecule has 1 aliphatic rings. The van der Waals surface area contributed by atoms with Gasteiger partial charge < -0.3 is 0 Å². The van der Waals surface area contributed by atoms with E-state index in [9.17, 15) is 0 Å². The fourth-order valence-corrected chi connectivity index (χ4v) is 2.96. The Hall–Kier alpha value is -2.68. The minimum absolute atomic E-state index is 1.11. The van der Waals surface area contributed by atoms with Gasteiger partial charge in [0.05, 0.1) is 19.7 Å². The Bertz CT molecular complexity index is 826. The number of aryl methyl sites for hydroxylation is 3. The van der Waals surface area contributed by atoms with E-state index in [-0.39, 0.29) is 0 Å². The van der Waals surface area contributed by atoms with E-state index in [2.05, 4.69) is 109 Å². The first-order valence-electron chi connectivity index (χ1n) is 10.8. The Morgan fingerprint density at radius 1 is 0.931 bits per heavy atom. The monoisotopic (exact) mass is 393 g/mol. The summed E-state index contributed by atoms with van der Waals surface area (Å²) in [5.74, 6) is 1.22. The van der Waals surface area contributed by atoms with Gasteiger partial charge in [0.2, 0.25) is 5.69 Å². The number of imidazole rings is 1. The van der Waals surface area contributed by atoms with Crippen LogP contribution in [0.4, 0.5) is 0 Å². The third-order valence-corrected chi connectivity index (χ3v) is 4.67. The van der Waals surface area contributed by atoms with E-state index in [0.717, 1.165) is 13.0 Å². The lowest BCUT2D eigenvalue weighted by Crippen LogP contribution is -2.31. The van der Waals surface area contributed by atoms with Gasteiger partial charge in [-0.3, -0.25) is 0 Å². The molecule has 0 fully saturated rings. The predicted octanol–water partition coefficient (Wildman–Crippen LogP) is 5.74. The largest absolute Gasteiger partial charge is 0.288 e. The lowest BCUT2D eigenvalue weighted by molar-refractivity contribution is -0.689. The normalized spacial score (nSPS) is 11.2. The van der Waals surface area contributed by atoms with E-state index >= 15 is 0 Å². The van der Waals surface area contributed by atoms with E-state index in [1.807, 2.05) is 19.9 Å². The summed E-state index contributed by atoms with van der Waals surface area (Å²) in [7, 11) is 4.12. The molecule has 29 heavy (non-hydrogen) atoms. The van der Waals surface area contributed by atoms with Crippen molar-refractivity contribution in [3.63, 3.8) is 0 Å². The van der Waals surface area contributed by atoms with Crippen molar-refractivity contribution in [2.24, 2.45) is 14.1 Å². The average molecular weight is 394 g/mol. The maximum absolute atomic E-state index is 3.97. The molecule has 0 N–H and O–H groups in total. The van der Waals surface area contributed by atoms with Crippen LogP contribution >= 0.6 is 0 Å². The Labute approximate surface area is 178 Å². The maximum atomic E-state index is 3.97. The van der Waals surface area contributed by atoms with E-state index in [0.29, 0.717) is 0 Å². The fraction of sp³-hybridized carbons (Fsp3) is 0.385. The first-order chi connectivity index (χ1) is 14.1. The molecule has 0 radical (unpaired) electrons. The molecule has 0 spiro atoms. The van der Waals surface area contributed by atoms with Crippen LogP contribution in [0.15, 0.2) is 73.7 Å². The molecule has 3 heteroatoms. The molecule has 3 heterocycles. The summed E-state index contributed by atoms with van der Waals surface area (Å²) in [6, 6.07) is 16.6. The molecular formula is C26H39N3+2. The quantitative estimate of drug-likeness (QED) is 0.492. The molecule has 3 aromatic rings. The zero-order valence-corrected chi connectivity index (χ0v) is 19.2. The lowest BCUT2D eigenvalue weighted by atomic mass is 10.2. The van der Waals surface area contributed by atoms with E-state index in [4.69, 9.17) is 0 Å². The summed E-state index contributed by atoms with van der Waals surface area (Å²) in [4.78, 5) is 0. The fourth-order valence-electron chi connectivity index (χ4n) is 2.96. The van der Waals surface area contributed by atoms with Crippen LogP contribution in [0.5, 0.6) is 0 Å². The molecule has 0 saturated heterocycles.